The molecule has 9 atom stereocenters. The number of nitrogens with zero attached hydrogens (tertiary/aromatic N) is 1. The summed E-state index contributed by atoms with van der Waals surface area (Å²) in [6.07, 6.45) is 5.12. The van der Waals surface area contributed by atoms with E-state index in [1.54, 1.807) is 50.5 Å². The predicted molar refractivity (Wildman–Crippen MR) is 169 cm³/mol. The van der Waals surface area contributed by atoms with Crippen LogP contribution in [-0.2, 0) is 46.5 Å². The summed E-state index contributed by atoms with van der Waals surface area (Å²) in [4.78, 5) is 49.6. The fourth-order valence-corrected chi connectivity index (χ4v) is 9.70. The van der Waals surface area contributed by atoms with Crippen molar-refractivity contribution in [2.24, 2.45) is 22.7 Å². The van der Waals surface area contributed by atoms with Gasteiger partial charge < -0.3 is 39.8 Å². The van der Waals surface area contributed by atoms with Crippen LogP contribution in [0.15, 0.2) is 60.5 Å². The quantitative estimate of drug-likeness (QED) is 0.192. The van der Waals surface area contributed by atoms with E-state index in [-0.39, 0.29) is 25.2 Å². The molecule has 2 aromatic rings. The summed E-state index contributed by atoms with van der Waals surface area (Å²) >= 11 is 0. The molecular formula is C36H39FN2O10. The summed E-state index contributed by atoms with van der Waals surface area (Å²) in [6.45, 7) is 2.81. The number of halogens is 1. The first-order valence-corrected chi connectivity index (χ1v) is 16.4. The van der Waals surface area contributed by atoms with Gasteiger partial charge in [0, 0.05) is 52.5 Å². The first-order valence-electron chi connectivity index (χ1n) is 16.4. The van der Waals surface area contributed by atoms with Crippen molar-refractivity contribution in [2.75, 3.05) is 12.3 Å². The zero-order valence-corrected chi connectivity index (χ0v) is 27.1. The van der Waals surface area contributed by atoms with Gasteiger partial charge in [-0.3, -0.25) is 9.59 Å². The van der Waals surface area contributed by atoms with Crippen molar-refractivity contribution in [2.45, 2.75) is 82.5 Å². The predicted octanol–water partition coefficient (Wildman–Crippen LogP) is 2.94. The van der Waals surface area contributed by atoms with Gasteiger partial charge in [-0.25, -0.2) is 14.0 Å². The number of esters is 1. The lowest BCUT2D eigenvalue weighted by Gasteiger charge is -2.62. The summed E-state index contributed by atoms with van der Waals surface area (Å²) < 4.78 is 37.6. The number of carbonyl (C=O) groups is 4. The minimum Gasteiger partial charge on any atom is -0.473 e. The van der Waals surface area contributed by atoms with Crippen molar-refractivity contribution in [3.05, 3.63) is 77.2 Å². The molecule has 0 radical (unpaired) electrons. The molecule has 4 aliphatic carbocycles. The van der Waals surface area contributed by atoms with E-state index in [0.717, 1.165) is 5.56 Å². The van der Waals surface area contributed by atoms with Crippen LogP contribution >= 0.6 is 0 Å². The Morgan fingerprint density at radius 2 is 1.96 bits per heavy atom. The standard InChI is InChI=1S/C36H39FN2O10/c1-33-9-7-23(41)12-22(33)5-6-24-25-13-29-36(28(43)18-47-31(46)30(44)45,34(25,2)14-27(42)35(24,33)37)49-32(48-29)20-8-10-39(16-20)15-19-3-4-21(17-40)26(38)11-19/h3-4,7-12,16,24-25,27,29,32,40,42H,5-6,13-15,17-18,38H2,1-2H3,(H,44,45)/t24-,25-,27-,29+,32+,33-,34-,35-,36+/m0/s1. The minimum atomic E-state index is -2.16. The number of hydrogen-bond acceptors (Lipinski definition) is 10. The number of Topliss-reactive ketones (excluding diaryl/α,β-unsaturated/α-hetero) is 1. The monoisotopic (exact) mass is 678 g/mol. The molecule has 2 heterocycles. The minimum absolute atomic E-state index is 0.174. The molecule has 1 aromatic heterocycles. The van der Waals surface area contributed by atoms with Gasteiger partial charge in [0.15, 0.2) is 29.9 Å². The summed E-state index contributed by atoms with van der Waals surface area (Å²) in [7, 11) is 0. The number of ketones is 2. The first kappa shape index (κ1) is 33.3. The molecular weight excluding hydrogens is 639 g/mol. The van der Waals surface area contributed by atoms with Gasteiger partial charge in [-0.15, -0.1) is 0 Å². The Hall–Kier alpha value is -4.17. The molecule has 12 nitrogen and oxygen atoms in total. The van der Waals surface area contributed by atoms with Crippen LogP contribution in [0.25, 0.3) is 0 Å². The first-order chi connectivity index (χ1) is 23.2. The molecule has 0 spiro atoms. The maximum Gasteiger partial charge on any atom is 0.417 e. The van der Waals surface area contributed by atoms with Crippen molar-refractivity contribution < 1.29 is 53.1 Å². The lowest BCUT2D eigenvalue weighted by atomic mass is 9.44. The second-order valence-corrected chi connectivity index (χ2v) is 14.4. The van der Waals surface area contributed by atoms with Crippen molar-refractivity contribution >= 4 is 29.2 Å². The van der Waals surface area contributed by atoms with Crippen molar-refractivity contribution in [1.82, 2.24) is 4.57 Å². The number of anilines is 1. The average molecular weight is 679 g/mol. The van der Waals surface area contributed by atoms with Crippen LogP contribution in [0, 0.1) is 22.7 Å². The summed E-state index contributed by atoms with van der Waals surface area (Å²) in [5, 5.41) is 30.3. The molecule has 1 saturated heterocycles. The van der Waals surface area contributed by atoms with Gasteiger partial charge in [0.05, 0.1) is 18.8 Å². The second kappa shape index (κ2) is 11.4. The fraction of sp³-hybridized carbons (Fsp3) is 0.500. The van der Waals surface area contributed by atoms with Gasteiger partial charge in [0.2, 0.25) is 5.78 Å². The van der Waals surface area contributed by atoms with E-state index in [1.165, 1.54) is 12.2 Å². The number of carboxylic acids is 1. The van der Waals surface area contributed by atoms with Gasteiger partial charge in [0.1, 0.15) is 0 Å². The van der Waals surface area contributed by atoms with Crippen LogP contribution in [0.3, 0.4) is 0 Å². The summed E-state index contributed by atoms with van der Waals surface area (Å²) in [6, 6.07) is 7.15. The normalized spacial score (nSPS) is 37.4. The van der Waals surface area contributed by atoms with E-state index < -0.39 is 76.8 Å². The number of fused-ring (bicyclic) bond motifs is 7. The molecule has 4 fully saturated rings. The van der Waals surface area contributed by atoms with E-state index in [9.17, 15) is 29.4 Å². The molecule has 260 valence electrons. The number of benzene rings is 1. The van der Waals surface area contributed by atoms with Crippen LogP contribution in [0.4, 0.5) is 10.1 Å². The Balaban J connectivity index is 1.22. The number of nitrogens with two attached hydrogens (primary N) is 1. The number of aliphatic hydroxyl groups is 2. The zero-order chi connectivity index (χ0) is 35.1. The van der Waals surface area contributed by atoms with Crippen LogP contribution in [0.1, 0.15) is 62.5 Å². The fourth-order valence-electron chi connectivity index (χ4n) is 9.70. The SMILES string of the molecule is C[C@]12C=CC(=O)C=C1CC[C@H]1[C@@H]3C[C@H]4O[C@@H](c5ccn(Cc6ccc(CO)c(N)c6)c5)O[C@@]4(C(=O)COC(=O)C(=O)O)[C@@]3(C)C[C@H](O)[C@@]12F. The highest BCUT2D eigenvalue weighted by Crippen LogP contribution is 2.72. The Kier molecular flexibility index (Phi) is 7.78. The van der Waals surface area contributed by atoms with Gasteiger partial charge in [-0.1, -0.05) is 30.7 Å². The van der Waals surface area contributed by atoms with Crippen LogP contribution in [-0.4, -0.2) is 73.5 Å². The average Bonchev–Trinajstić information content (AvgIpc) is 3.74. The van der Waals surface area contributed by atoms with Crippen molar-refractivity contribution in [1.29, 1.82) is 0 Å². The number of carbonyl (C=O) groups excluding carboxylic acids is 3. The van der Waals surface area contributed by atoms with Crippen molar-refractivity contribution in [3.8, 4) is 0 Å². The Labute approximate surface area is 281 Å². The van der Waals surface area contributed by atoms with E-state index in [1.807, 2.05) is 10.6 Å². The van der Waals surface area contributed by atoms with Gasteiger partial charge in [-0.05, 0) is 68.4 Å². The maximum absolute atomic E-state index is 17.7. The zero-order valence-electron chi connectivity index (χ0n) is 27.1. The highest BCUT2D eigenvalue weighted by molar-refractivity contribution is 6.28. The van der Waals surface area contributed by atoms with E-state index in [2.05, 4.69) is 0 Å². The van der Waals surface area contributed by atoms with Gasteiger partial charge >= 0.3 is 11.9 Å². The van der Waals surface area contributed by atoms with Crippen molar-refractivity contribution in [3.63, 3.8) is 0 Å². The van der Waals surface area contributed by atoms with Crippen LogP contribution in [0.5, 0.6) is 0 Å². The van der Waals surface area contributed by atoms with Crippen LogP contribution < -0.4 is 5.73 Å². The lowest BCUT2D eigenvalue weighted by Crippen LogP contribution is -2.69. The number of rotatable bonds is 7. The third-order valence-corrected chi connectivity index (χ3v) is 12.1. The third-order valence-electron chi connectivity index (χ3n) is 12.1. The molecule has 0 bridgehead atoms. The van der Waals surface area contributed by atoms with Crippen LogP contribution in [0.2, 0.25) is 0 Å². The summed E-state index contributed by atoms with van der Waals surface area (Å²) in [5.41, 5.74) is 2.80. The Morgan fingerprint density at radius 3 is 2.67 bits per heavy atom. The smallest absolute Gasteiger partial charge is 0.417 e. The highest BCUT2D eigenvalue weighted by atomic mass is 19.1. The van der Waals surface area contributed by atoms with E-state index in [0.29, 0.717) is 41.8 Å². The number of allylic oxidation sites excluding steroid dienone is 4. The van der Waals surface area contributed by atoms with Gasteiger partial charge in [-0.2, -0.15) is 0 Å². The number of hydrogen-bond donors (Lipinski definition) is 4. The number of ether oxygens (including phenoxy) is 3. The topological polar surface area (TPSA) is 188 Å². The number of carboxylic acid groups (broad SMARTS) is 1. The summed E-state index contributed by atoms with van der Waals surface area (Å²) in [5.74, 6) is -5.69. The number of aliphatic carboxylic acids is 1. The van der Waals surface area contributed by atoms with Gasteiger partial charge in [0.25, 0.3) is 0 Å². The molecule has 1 aromatic carbocycles. The number of aromatic nitrogens is 1. The highest BCUT2D eigenvalue weighted by Gasteiger charge is 2.79. The molecule has 7 rings (SSSR count). The number of aliphatic hydroxyl groups excluding tert-OH is 2. The molecule has 1 aliphatic heterocycles. The Bertz CT molecular complexity index is 1820. The molecule has 0 unspecified atom stereocenters. The Morgan fingerprint density at radius 1 is 1.18 bits per heavy atom. The maximum atomic E-state index is 17.7. The van der Waals surface area contributed by atoms with E-state index in [4.69, 9.17) is 25.1 Å². The molecule has 0 amide bonds. The third kappa shape index (κ3) is 4.69. The lowest BCUT2D eigenvalue weighted by molar-refractivity contribution is -0.231. The molecule has 5 aliphatic rings. The molecule has 49 heavy (non-hydrogen) atoms. The van der Waals surface area contributed by atoms with E-state index >= 15 is 4.39 Å². The molecule has 3 saturated carbocycles. The number of nitrogen functional groups attached to an aromatic ring is 1. The number of alkyl halides is 1. The molecule has 13 heteroatoms. The second-order valence-electron chi connectivity index (χ2n) is 14.4. The largest absolute Gasteiger partial charge is 0.473 e. The molecule has 5 N–H and O–H groups in total.